The molecule has 1 rings (SSSR count). The Bertz CT molecular complexity index is 323. The largest absolute Gasteiger partial charge is 0.393 e. The standard InChI is InChI=1S/C9H19NO2.C8H19NO.C2H6/c1-8(2)5-7(11)6-9(3,4)10(8)12;1-7(2,3)9(10)8(4,5)6;1-2/h7,11-12H,5-6H2,1-4H3;10H,1-6H3;1-2H3. The maximum atomic E-state index is 9.80. The van der Waals surface area contributed by atoms with E-state index in [2.05, 4.69) is 0 Å². The van der Waals surface area contributed by atoms with Crippen molar-refractivity contribution in [2.24, 2.45) is 0 Å². The maximum absolute atomic E-state index is 9.80. The lowest BCUT2D eigenvalue weighted by Gasteiger charge is -2.50. The molecule has 1 saturated heterocycles. The fourth-order valence-electron chi connectivity index (χ4n) is 3.22. The predicted octanol–water partition coefficient (Wildman–Crippen LogP) is 4.69. The van der Waals surface area contributed by atoms with Crippen LogP contribution in [0.4, 0.5) is 0 Å². The number of hydrogen-bond donors (Lipinski definition) is 3. The summed E-state index contributed by atoms with van der Waals surface area (Å²) in [6.45, 7) is 23.7. The molecule has 0 spiro atoms. The van der Waals surface area contributed by atoms with Crippen LogP contribution >= 0.6 is 0 Å². The van der Waals surface area contributed by atoms with Crippen LogP contribution in [0.15, 0.2) is 0 Å². The lowest BCUT2D eigenvalue weighted by molar-refractivity contribution is -0.257. The Kier molecular flexibility index (Phi) is 9.71. The van der Waals surface area contributed by atoms with Crippen molar-refractivity contribution in [3.63, 3.8) is 0 Å². The number of nitrogens with zero attached hydrogens (tertiary/aromatic N) is 2. The number of aliphatic hydroxyl groups is 1. The van der Waals surface area contributed by atoms with Gasteiger partial charge in [0.05, 0.1) is 6.10 Å². The van der Waals surface area contributed by atoms with Crippen LogP contribution in [0.3, 0.4) is 0 Å². The van der Waals surface area contributed by atoms with E-state index in [1.165, 1.54) is 10.1 Å². The lowest BCUT2D eigenvalue weighted by Crippen LogP contribution is -2.60. The number of aliphatic hydroxyl groups excluding tert-OH is 1. The van der Waals surface area contributed by atoms with Gasteiger partial charge in [0.25, 0.3) is 0 Å². The van der Waals surface area contributed by atoms with Crippen LogP contribution in [0.1, 0.15) is 95.9 Å². The molecule has 0 bridgehead atoms. The van der Waals surface area contributed by atoms with Crippen molar-refractivity contribution in [1.82, 2.24) is 10.1 Å². The normalized spacial score (nSPS) is 21.5. The molecular formula is C19H44N2O3. The molecule has 1 aliphatic heterocycles. The van der Waals surface area contributed by atoms with E-state index < -0.39 is 0 Å². The topological polar surface area (TPSA) is 67.2 Å². The van der Waals surface area contributed by atoms with Crippen molar-refractivity contribution in [1.29, 1.82) is 0 Å². The van der Waals surface area contributed by atoms with Crippen molar-refractivity contribution in [2.45, 2.75) is 124 Å². The fourth-order valence-corrected chi connectivity index (χ4v) is 3.22. The molecule has 0 radical (unpaired) electrons. The van der Waals surface area contributed by atoms with Crippen LogP contribution in [0.2, 0.25) is 0 Å². The summed E-state index contributed by atoms with van der Waals surface area (Å²) in [6, 6.07) is 0. The Morgan fingerprint density at radius 1 is 0.833 bits per heavy atom. The van der Waals surface area contributed by atoms with Gasteiger partial charge in [-0.05, 0) is 82.1 Å². The second-order valence-electron chi connectivity index (χ2n) is 9.65. The highest BCUT2D eigenvalue weighted by Crippen LogP contribution is 2.36. The number of rotatable bonds is 0. The Morgan fingerprint density at radius 3 is 1.25 bits per heavy atom. The first-order valence-corrected chi connectivity index (χ1v) is 9.08. The van der Waals surface area contributed by atoms with Gasteiger partial charge in [0, 0.05) is 22.2 Å². The van der Waals surface area contributed by atoms with E-state index in [4.69, 9.17) is 0 Å². The first kappa shape index (κ1) is 26.0. The maximum Gasteiger partial charge on any atom is 0.0576 e. The van der Waals surface area contributed by atoms with Crippen molar-refractivity contribution in [3.05, 3.63) is 0 Å². The number of hydrogen-bond acceptors (Lipinski definition) is 5. The molecule has 1 fully saturated rings. The molecule has 3 N–H and O–H groups in total. The first-order chi connectivity index (χ1) is 10.4. The zero-order chi connectivity index (χ0) is 20.1. The number of hydroxylamine groups is 4. The second-order valence-corrected chi connectivity index (χ2v) is 9.65. The summed E-state index contributed by atoms with van der Waals surface area (Å²) >= 11 is 0. The van der Waals surface area contributed by atoms with E-state index in [1.54, 1.807) is 0 Å². The monoisotopic (exact) mass is 348 g/mol. The van der Waals surface area contributed by atoms with Gasteiger partial charge < -0.3 is 15.5 Å². The fraction of sp³-hybridized carbons (Fsp3) is 1.00. The quantitative estimate of drug-likeness (QED) is 0.554. The van der Waals surface area contributed by atoms with E-state index in [1.807, 2.05) is 83.1 Å². The summed E-state index contributed by atoms with van der Waals surface area (Å²) in [7, 11) is 0. The molecule has 0 atom stereocenters. The second kappa shape index (κ2) is 8.95. The molecule has 1 heterocycles. The van der Waals surface area contributed by atoms with Crippen LogP contribution in [-0.2, 0) is 0 Å². The summed E-state index contributed by atoms with van der Waals surface area (Å²) < 4.78 is 0. The molecule has 0 saturated carbocycles. The molecule has 0 aromatic rings. The van der Waals surface area contributed by atoms with Gasteiger partial charge in [-0.1, -0.05) is 13.8 Å². The van der Waals surface area contributed by atoms with Crippen LogP contribution in [0, 0.1) is 0 Å². The first-order valence-electron chi connectivity index (χ1n) is 9.08. The third-order valence-electron chi connectivity index (χ3n) is 3.89. The van der Waals surface area contributed by atoms with Gasteiger partial charge in [-0.3, -0.25) is 0 Å². The van der Waals surface area contributed by atoms with Crippen molar-refractivity contribution in [2.75, 3.05) is 0 Å². The summed E-state index contributed by atoms with van der Waals surface area (Å²) in [5.41, 5.74) is -0.973. The van der Waals surface area contributed by atoms with Crippen molar-refractivity contribution < 1.29 is 15.5 Å². The Morgan fingerprint density at radius 2 is 1.08 bits per heavy atom. The van der Waals surface area contributed by atoms with E-state index in [-0.39, 0.29) is 28.3 Å². The zero-order valence-electron chi connectivity index (χ0n) is 18.2. The Labute approximate surface area is 150 Å². The molecule has 0 aliphatic carbocycles. The molecule has 0 aromatic heterocycles. The van der Waals surface area contributed by atoms with Gasteiger partial charge in [-0.15, -0.1) is 0 Å². The van der Waals surface area contributed by atoms with Crippen LogP contribution < -0.4 is 0 Å². The zero-order valence-corrected chi connectivity index (χ0v) is 18.2. The van der Waals surface area contributed by atoms with Crippen molar-refractivity contribution >= 4 is 0 Å². The molecule has 1 aliphatic rings. The minimum Gasteiger partial charge on any atom is -0.393 e. The summed E-state index contributed by atoms with van der Waals surface area (Å²) in [5, 5.41) is 31.7. The van der Waals surface area contributed by atoms with Crippen LogP contribution in [0.5, 0.6) is 0 Å². The molecule has 0 aromatic carbocycles. The van der Waals surface area contributed by atoms with E-state index in [0.29, 0.717) is 12.8 Å². The Balaban J connectivity index is 0. The SMILES string of the molecule is CC.CC(C)(C)N(O)C(C)(C)C.CC1(C)CC(O)CC(C)(C)N1O. The summed E-state index contributed by atoms with van der Waals surface area (Å²) in [4.78, 5) is 0. The van der Waals surface area contributed by atoms with Crippen LogP contribution in [-0.4, -0.2) is 53.9 Å². The molecule has 24 heavy (non-hydrogen) atoms. The Hall–Kier alpha value is -0.200. The van der Waals surface area contributed by atoms with E-state index in [9.17, 15) is 15.5 Å². The minimum absolute atomic E-state index is 0.168. The average Bonchev–Trinajstić information content (AvgIpc) is 2.35. The summed E-state index contributed by atoms with van der Waals surface area (Å²) in [6.07, 6.45) is 0.971. The minimum atomic E-state index is -0.318. The highest BCUT2D eigenvalue weighted by Gasteiger charge is 2.44. The van der Waals surface area contributed by atoms with Gasteiger partial charge in [0.1, 0.15) is 0 Å². The lowest BCUT2D eigenvalue weighted by atomic mass is 9.80. The smallest absolute Gasteiger partial charge is 0.0576 e. The third-order valence-corrected chi connectivity index (χ3v) is 3.89. The van der Waals surface area contributed by atoms with Gasteiger partial charge in [-0.2, -0.15) is 10.1 Å². The molecule has 148 valence electrons. The van der Waals surface area contributed by atoms with Crippen LogP contribution in [0.25, 0.3) is 0 Å². The highest BCUT2D eigenvalue weighted by molar-refractivity contribution is 4.95. The molecule has 5 nitrogen and oxygen atoms in total. The molecular weight excluding hydrogens is 304 g/mol. The predicted molar refractivity (Wildman–Crippen MR) is 102 cm³/mol. The molecule has 0 unspecified atom stereocenters. The number of piperidine rings is 1. The van der Waals surface area contributed by atoms with Gasteiger partial charge in [0.2, 0.25) is 0 Å². The molecule has 5 heteroatoms. The van der Waals surface area contributed by atoms with E-state index in [0.717, 1.165) is 0 Å². The molecule has 0 amide bonds. The van der Waals surface area contributed by atoms with Gasteiger partial charge in [-0.25, -0.2) is 0 Å². The van der Waals surface area contributed by atoms with Gasteiger partial charge >= 0.3 is 0 Å². The van der Waals surface area contributed by atoms with Gasteiger partial charge in [0.15, 0.2) is 0 Å². The average molecular weight is 349 g/mol. The van der Waals surface area contributed by atoms with Crippen molar-refractivity contribution in [3.8, 4) is 0 Å². The van der Waals surface area contributed by atoms with E-state index >= 15 is 0 Å². The summed E-state index contributed by atoms with van der Waals surface area (Å²) in [5.74, 6) is 0. The third kappa shape index (κ3) is 8.26. The highest BCUT2D eigenvalue weighted by atomic mass is 16.5.